The third-order valence-corrected chi connectivity index (χ3v) is 8.73. The summed E-state index contributed by atoms with van der Waals surface area (Å²) in [5, 5.41) is 0. The van der Waals surface area contributed by atoms with Crippen LogP contribution in [-0.4, -0.2) is 0 Å². The number of rotatable bonds is 9. The molecule has 2 heteroatoms. The summed E-state index contributed by atoms with van der Waals surface area (Å²) in [5.41, 5.74) is 14.1. The maximum atomic E-state index is 2.35. The highest BCUT2D eigenvalue weighted by atomic mass is 15.1. The third-order valence-electron chi connectivity index (χ3n) is 8.73. The van der Waals surface area contributed by atoms with Crippen molar-refractivity contribution >= 4 is 46.3 Å². The van der Waals surface area contributed by atoms with Crippen LogP contribution in [0.3, 0.4) is 0 Å². The van der Waals surface area contributed by atoms with Gasteiger partial charge in [0, 0.05) is 34.1 Å². The Kier molecular flexibility index (Phi) is 8.97. The molecule has 0 aromatic heterocycles. The molecular formula is C46H38N2. The van der Waals surface area contributed by atoms with E-state index in [0.717, 1.165) is 33.9 Å². The molecule has 0 saturated heterocycles. The van der Waals surface area contributed by atoms with Crippen molar-refractivity contribution in [2.75, 3.05) is 9.80 Å². The van der Waals surface area contributed by atoms with Gasteiger partial charge in [-0.3, -0.25) is 0 Å². The van der Waals surface area contributed by atoms with Gasteiger partial charge in [0.05, 0.1) is 0 Å². The summed E-state index contributed by atoms with van der Waals surface area (Å²) in [6.07, 6.45) is 4.36. The smallest absolute Gasteiger partial charge is 0.0490 e. The molecule has 0 fully saturated rings. The molecule has 0 aliphatic heterocycles. The summed E-state index contributed by atoms with van der Waals surface area (Å²) in [5.74, 6) is 0. The lowest BCUT2D eigenvalue weighted by atomic mass is 10.0. The van der Waals surface area contributed by atoms with Crippen LogP contribution < -0.4 is 9.80 Å². The van der Waals surface area contributed by atoms with Gasteiger partial charge in [0.2, 0.25) is 0 Å². The van der Waals surface area contributed by atoms with Gasteiger partial charge in [-0.15, -0.1) is 0 Å². The topological polar surface area (TPSA) is 6.48 Å². The Morgan fingerprint density at radius 3 is 1.15 bits per heavy atom. The molecule has 0 amide bonds. The molecule has 0 atom stereocenters. The molecule has 0 bridgehead atoms. The van der Waals surface area contributed by atoms with E-state index in [1.54, 1.807) is 0 Å². The highest BCUT2D eigenvalue weighted by Gasteiger charge is 2.16. The summed E-state index contributed by atoms with van der Waals surface area (Å²) < 4.78 is 0. The largest absolute Gasteiger partial charge is 0.311 e. The summed E-state index contributed by atoms with van der Waals surface area (Å²) in [6, 6.07) is 64.6. The highest BCUT2D eigenvalue weighted by Crippen LogP contribution is 2.39. The van der Waals surface area contributed by atoms with Crippen LogP contribution in [0.15, 0.2) is 182 Å². The summed E-state index contributed by atoms with van der Waals surface area (Å²) in [6.45, 7) is 4.34. The minimum absolute atomic E-state index is 1.11. The van der Waals surface area contributed by atoms with Crippen LogP contribution in [0.2, 0.25) is 0 Å². The van der Waals surface area contributed by atoms with Crippen molar-refractivity contribution in [3.05, 3.63) is 204 Å². The molecule has 2 nitrogen and oxygen atoms in total. The van der Waals surface area contributed by atoms with Crippen LogP contribution in [0.1, 0.15) is 22.3 Å². The van der Waals surface area contributed by atoms with Gasteiger partial charge in [-0.1, -0.05) is 133 Å². The van der Waals surface area contributed by atoms with Crippen molar-refractivity contribution in [2.24, 2.45) is 0 Å². The van der Waals surface area contributed by atoms with E-state index in [9.17, 15) is 0 Å². The van der Waals surface area contributed by atoms with Crippen LogP contribution in [-0.2, 0) is 0 Å². The molecule has 7 aromatic carbocycles. The normalized spacial score (nSPS) is 11.0. The molecule has 0 heterocycles. The molecule has 0 N–H and O–H groups in total. The fourth-order valence-corrected chi connectivity index (χ4v) is 6.16. The minimum atomic E-state index is 1.11. The van der Waals surface area contributed by atoms with Gasteiger partial charge in [-0.05, 0) is 108 Å². The Balaban J connectivity index is 1.13. The number of anilines is 6. The van der Waals surface area contributed by atoms with Crippen molar-refractivity contribution < 1.29 is 0 Å². The van der Waals surface area contributed by atoms with E-state index in [2.05, 4.69) is 218 Å². The van der Waals surface area contributed by atoms with Gasteiger partial charge in [0.1, 0.15) is 0 Å². The molecule has 0 spiro atoms. The van der Waals surface area contributed by atoms with Gasteiger partial charge in [-0.2, -0.15) is 0 Å². The van der Waals surface area contributed by atoms with Crippen LogP contribution in [0.25, 0.3) is 23.3 Å². The number of nitrogens with zero attached hydrogens (tertiary/aromatic N) is 2. The zero-order valence-corrected chi connectivity index (χ0v) is 27.4. The van der Waals surface area contributed by atoms with E-state index < -0.39 is 0 Å². The monoisotopic (exact) mass is 618 g/mol. The Morgan fingerprint density at radius 1 is 0.312 bits per heavy atom. The third kappa shape index (κ3) is 6.70. The maximum absolute atomic E-state index is 2.35. The van der Waals surface area contributed by atoms with Crippen LogP contribution in [0, 0.1) is 13.8 Å². The van der Waals surface area contributed by atoms with E-state index in [0.29, 0.717) is 0 Å². The molecule has 48 heavy (non-hydrogen) atoms. The molecule has 0 unspecified atom stereocenters. The quantitative estimate of drug-likeness (QED) is 0.149. The van der Waals surface area contributed by atoms with E-state index in [-0.39, 0.29) is 0 Å². The van der Waals surface area contributed by atoms with Gasteiger partial charge in [-0.25, -0.2) is 0 Å². The molecule has 232 valence electrons. The lowest BCUT2D eigenvalue weighted by Gasteiger charge is -2.28. The number of hydrogen-bond acceptors (Lipinski definition) is 2. The van der Waals surface area contributed by atoms with Crippen molar-refractivity contribution in [3.63, 3.8) is 0 Å². The highest BCUT2D eigenvalue weighted by molar-refractivity contribution is 5.82. The van der Waals surface area contributed by atoms with Gasteiger partial charge in [0.25, 0.3) is 0 Å². The van der Waals surface area contributed by atoms with Crippen molar-refractivity contribution in [1.82, 2.24) is 0 Å². The van der Waals surface area contributed by atoms with E-state index >= 15 is 0 Å². The van der Waals surface area contributed by atoms with Crippen LogP contribution in [0.5, 0.6) is 0 Å². The van der Waals surface area contributed by atoms with E-state index in [1.165, 1.54) is 33.6 Å². The second-order valence-electron chi connectivity index (χ2n) is 12.0. The first kappa shape index (κ1) is 30.5. The van der Waals surface area contributed by atoms with Crippen LogP contribution in [0.4, 0.5) is 34.1 Å². The molecule has 0 saturated carbocycles. The molecule has 7 aromatic rings. The van der Waals surface area contributed by atoms with Gasteiger partial charge >= 0.3 is 0 Å². The number of para-hydroxylation sites is 3. The zero-order chi connectivity index (χ0) is 32.7. The van der Waals surface area contributed by atoms with Crippen LogP contribution >= 0.6 is 0 Å². The Hall–Kier alpha value is -6.12. The molecule has 0 aliphatic carbocycles. The predicted molar refractivity (Wildman–Crippen MR) is 206 cm³/mol. The standard InChI is InChI=1S/C46H38N2/c1-35-13-9-11-19-45(35)48(46-20-12-10-14-36(46)2)44-31-25-38(26-32-44)22-21-37-23-29-42(30-24-37)47(41-17-7-4-8-18-41)43-33-27-40(28-34-43)39-15-5-3-6-16-39/h3-34H,1-2H3/b22-21+. The number of aryl methyl sites for hydroxylation is 2. The maximum Gasteiger partial charge on any atom is 0.0490 e. The summed E-state index contributed by atoms with van der Waals surface area (Å²) in [7, 11) is 0. The van der Waals surface area contributed by atoms with Crippen molar-refractivity contribution in [2.45, 2.75) is 13.8 Å². The summed E-state index contributed by atoms with van der Waals surface area (Å²) >= 11 is 0. The lowest BCUT2D eigenvalue weighted by Crippen LogP contribution is -2.12. The summed E-state index contributed by atoms with van der Waals surface area (Å²) in [4.78, 5) is 4.65. The second kappa shape index (κ2) is 14.1. The Morgan fingerprint density at radius 2 is 0.667 bits per heavy atom. The first-order valence-corrected chi connectivity index (χ1v) is 16.4. The minimum Gasteiger partial charge on any atom is -0.311 e. The van der Waals surface area contributed by atoms with E-state index in [4.69, 9.17) is 0 Å². The predicted octanol–water partition coefficient (Wildman–Crippen LogP) is 13.1. The first-order valence-electron chi connectivity index (χ1n) is 16.4. The van der Waals surface area contributed by atoms with E-state index in [1.807, 2.05) is 0 Å². The Bertz CT molecular complexity index is 2070. The Labute approximate surface area is 284 Å². The zero-order valence-electron chi connectivity index (χ0n) is 27.4. The average molecular weight is 619 g/mol. The fourth-order valence-electron chi connectivity index (χ4n) is 6.16. The lowest BCUT2D eigenvalue weighted by molar-refractivity contribution is 1.22. The van der Waals surface area contributed by atoms with Gasteiger partial charge < -0.3 is 9.80 Å². The molecular weight excluding hydrogens is 581 g/mol. The molecule has 0 aliphatic rings. The second-order valence-corrected chi connectivity index (χ2v) is 12.0. The number of hydrogen-bond donors (Lipinski definition) is 0. The van der Waals surface area contributed by atoms with Gasteiger partial charge in [0.15, 0.2) is 0 Å². The van der Waals surface area contributed by atoms with Crippen molar-refractivity contribution in [1.29, 1.82) is 0 Å². The molecule has 0 radical (unpaired) electrons. The average Bonchev–Trinajstić information content (AvgIpc) is 3.15. The van der Waals surface area contributed by atoms with Crippen molar-refractivity contribution in [3.8, 4) is 11.1 Å². The molecule has 7 rings (SSSR count). The number of benzene rings is 7. The first-order chi connectivity index (χ1) is 23.6. The SMILES string of the molecule is Cc1ccccc1N(c1ccc(/C=C/c2ccc(N(c3ccccc3)c3ccc(-c4ccccc4)cc3)cc2)cc1)c1ccccc1C. The fraction of sp³-hybridized carbons (Fsp3) is 0.0435.